The number of hydrogen-bond donors (Lipinski definition) is 1. The molecule has 128 valence electrons. The first-order valence-corrected chi connectivity index (χ1v) is 7.16. The van der Waals surface area contributed by atoms with Crippen LogP contribution in [-0.4, -0.2) is 17.4 Å². The first-order valence-electron chi connectivity index (χ1n) is 7.16. The van der Waals surface area contributed by atoms with Crippen LogP contribution in [0.25, 0.3) is 5.57 Å². The summed E-state index contributed by atoms with van der Waals surface area (Å²) in [7, 11) is 0. The highest BCUT2D eigenvalue weighted by atomic mass is 19.4. The molecule has 2 aromatic rings. The third-order valence-corrected chi connectivity index (χ3v) is 3.38. The maximum absolute atomic E-state index is 12.7. The topological polar surface area (TPSA) is 54.4 Å². The van der Waals surface area contributed by atoms with Crippen LogP contribution in [0.5, 0.6) is 0 Å². The van der Waals surface area contributed by atoms with Crippen molar-refractivity contribution in [3.8, 4) is 0 Å². The number of hydrogen-bond acceptors (Lipinski definition) is 2. The fourth-order valence-corrected chi connectivity index (χ4v) is 2.17. The lowest BCUT2D eigenvalue weighted by Crippen LogP contribution is -2.04. The molecule has 0 fully saturated rings. The first kappa shape index (κ1) is 18.2. The zero-order chi connectivity index (χ0) is 18.4. The van der Waals surface area contributed by atoms with E-state index in [1.807, 2.05) is 0 Å². The minimum Gasteiger partial charge on any atom is -0.478 e. The van der Waals surface area contributed by atoms with Crippen molar-refractivity contribution in [2.75, 3.05) is 0 Å². The van der Waals surface area contributed by atoms with Gasteiger partial charge in [-0.15, -0.1) is 0 Å². The van der Waals surface area contributed by atoms with Crippen LogP contribution in [0.3, 0.4) is 0 Å². The van der Waals surface area contributed by atoms with Gasteiger partial charge in [-0.2, -0.15) is 13.2 Å². The molecule has 0 atom stereocenters. The Morgan fingerprint density at radius 1 is 0.920 bits per heavy atom. The molecule has 2 aromatic carbocycles. The minimum absolute atomic E-state index is 0.455. The number of aldehydes is 1. The lowest BCUT2D eigenvalue weighted by molar-refractivity contribution is -0.137. The molecule has 2 rings (SSSR count). The fourth-order valence-electron chi connectivity index (χ4n) is 2.17. The lowest BCUT2D eigenvalue weighted by atomic mass is 9.95. The first-order chi connectivity index (χ1) is 11.8. The monoisotopic (exact) mass is 346 g/mol. The summed E-state index contributed by atoms with van der Waals surface area (Å²) >= 11 is 0. The van der Waals surface area contributed by atoms with Crippen LogP contribution in [0.1, 0.15) is 27.0 Å². The molecule has 25 heavy (non-hydrogen) atoms. The number of allylic oxidation sites excluding steroid dienone is 2. The molecule has 0 aliphatic heterocycles. The van der Waals surface area contributed by atoms with E-state index >= 15 is 0 Å². The van der Waals surface area contributed by atoms with E-state index in [9.17, 15) is 22.8 Å². The summed E-state index contributed by atoms with van der Waals surface area (Å²) in [6.07, 6.45) is -0.0493. The smallest absolute Gasteiger partial charge is 0.416 e. The van der Waals surface area contributed by atoms with Crippen molar-refractivity contribution in [1.29, 1.82) is 0 Å². The third-order valence-electron chi connectivity index (χ3n) is 3.38. The highest BCUT2D eigenvalue weighted by Gasteiger charge is 2.30. The van der Waals surface area contributed by atoms with Crippen LogP contribution in [0.15, 0.2) is 66.8 Å². The van der Waals surface area contributed by atoms with Gasteiger partial charge in [0, 0.05) is 11.6 Å². The number of carboxylic acids is 1. The van der Waals surface area contributed by atoms with Crippen LogP contribution in [0, 0.1) is 0 Å². The number of benzene rings is 2. The Labute approximate surface area is 141 Å². The Morgan fingerprint density at radius 3 is 1.88 bits per heavy atom. The van der Waals surface area contributed by atoms with Gasteiger partial charge in [-0.25, -0.2) is 4.79 Å². The van der Waals surface area contributed by atoms with Crippen molar-refractivity contribution >= 4 is 17.8 Å². The van der Waals surface area contributed by atoms with Gasteiger partial charge in [-0.1, -0.05) is 48.6 Å². The molecule has 0 aliphatic rings. The van der Waals surface area contributed by atoms with Gasteiger partial charge in [-0.05, 0) is 28.8 Å². The number of halogens is 3. The van der Waals surface area contributed by atoms with E-state index in [0.717, 1.165) is 18.2 Å². The molecule has 0 aliphatic carbocycles. The van der Waals surface area contributed by atoms with E-state index in [0.29, 0.717) is 28.5 Å². The quantitative estimate of drug-likeness (QED) is 0.489. The number of carbonyl (C=O) groups is 2. The van der Waals surface area contributed by atoms with Crippen molar-refractivity contribution in [1.82, 2.24) is 0 Å². The Morgan fingerprint density at radius 2 is 1.44 bits per heavy atom. The average Bonchev–Trinajstić information content (AvgIpc) is 2.58. The summed E-state index contributed by atoms with van der Waals surface area (Å²) in [4.78, 5) is 21.4. The Kier molecular flexibility index (Phi) is 5.54. The van der Waals surface area contributed by atoms with Crippen LogP contribution in [0.2, 0.25) is 0 Å². The Bertz CT molecular complexity index is 814. The number of rotatable bonds is 5. The third kappa shape index (κ3) is 4.91. The second kappa shape index (κ2) is 7.61. The zero-order valence-electron chi connectivity index (χ0n) is 12.8. The number of carbonyl (C=O) groups excluding carboxylic acids is 1. The number of alkyl halides is 3. The summed E-state index contributed by atoms with van der Waals surface area (Å²) in [5.74, 6) is -1.14. The molecule has 3 nitrogen and oxygen atoms in total. The number of carboxylic acid groups (broad SMARTS) is 1. The lowest BCUT2D eigenvalue weighted by Gasteiger charge is -2.11. The van der Waals surface area contributed by atoms with E-state index in [2.05, 4.69) is 0 Å². The predicted molar refractivity (Wildman–Crippen MR) is 87.1 cm³/mol. The molecular weight excluding hydrogens is 333 g/mol. The normalized spacial score (nSPS) is 12.4. The minimum atomic E-state index is -4.43. The second-order valence-corrected chi connectivity index (χ2v) is 5.09. The molecule has 0 spiro atoms. The molecular formula is C19H13F3O3. The molecule has 0 aromatic heterocycles. The van der Waals surface area contributed by atoms with Crippen molar-refractivity contribution in [3.05, 3.63) is 89.0 Å². The Balaban J connectivity index is 2.47. The van der Waals surface area contributed by atoms with E-state index in [1.54, 1.807) is 24.3 Å². The van der Waals surface area contributed by atoms with Gasteiger partial charge >= 0.3 is 12.1 Å². The summed E-state index contributed by atoms with van der Waals surface area (Å²) in [6.45, 7) is 0. The molecule has 0 amide bonds. The predicted octanol–water partition coefficient (Wildman–Crippen LogP) is 4.59. The summed E-state index contributed by atoms with van der Waals surface area (Å²) < 4.78 is 38.1. The van der Waals surface area contributed by atoms with Gasteiger partial charge in [0.25, 0.3) is 0 Å². The van der Waals surface area contributed by atoms with Gasteiger partial charge in [-0.3, -0.25) is 4.79 Å². The Hall–Kier alpha value is -3.15. The molecule has 0 radical (unpaired) electrons. The fraction of sp³-hybridized carbons (Fsp3) is 0.0526. The standard InChI is InChI=1S/C19H13F3O3/c20-19(21,22)16-10-8-15(9-11-16)17(2-1-3-18(24)25)14-6-4-13(12-23)5-7-14/h1-12H,(H,24,25). The molecule has 0 saturated heterocycles. The molecule has 0 heterocycles. The number of aliphatic carboxylic acids is 1. The van der Waals surface area contributed by atoms with Gasteiger partial charge in [0.15, 0.2) is 0 Å². The molecule has 0 bridgehead atoms. The van der Waals surface area contributed by atoms with Crippen LogP contribution in [0.4, 0.5) is 13.2 Å². The second-order valence-electron chi connectivity index (χ2n) is 5.09. The molecule has 6 heteroatoms. The van der Waals surface area contributed by atoms with Gasteiger partial charge in [0.05, 0.1) is 5.56 Å². The van der Waals surface area contributed by atoms with Gasteiger partial charge in [0.2, 0.25) is 0 Å². The SMILES string of the molecule is O=Cc1ccc(C(=CC=CC(=O)O)c2ccc(C(F)(F)F)cc2)cc1. The van der Waals surface area contributed by atoms with Crippen molar-refractivity contribution in [2.24, 2.45) is 0 Å². The van der Waals surface area contributed by atoms with Gasteiger partial charge < -0.3 is 5.11 Å². The molecule has 0 saturated carbocycles. The van der Waals surface area contributed by atoms with Crippen LogP contribution in [-0.2, 0) is 11.0 Å². The largest absolute Gasteiger partial charge is 0.478 e. The summed E-state index contributed by atoms with van der Waals surface area (Å²) in [5.41, 5.74) is 1.34. The zero-order valence-corrected chi connectivity index (χ0v) is 12.8. The highest BCUT2D eigenvalue weighted by Crippen LogP contribution is 2.31. The highest BCUT2D eigenvalue weighted by molar-refractivity contribution is 5.85. The van der Waals surface area contributed by atoms with E-state index in [1.165, 1.54) is 24.3 Å². The summed E-state index contributed by atoms with van der Waals surface area (Å²) in [6, 6.07) is 11.0. The molecule has 1 N–H and O–H groups in total. The van der Waals surface area contributed by atoms with Crippen molar-refractivity contribution in [3.63, 3.8) is 0 Å². The van der Waals surface area contributed by atoms with E-state index in [-0.39, 0.29) is 0 Å². The maximum Gasteiger partial charge on any atom is 0.416 e. The van der Waals surface area contributed by atoms with Crippen LogP contribution >= 0.6 is 0 Å². The van der Waals surface area contributed by atoms with Gasteiger partial charge in [0.1, 0.15) is 6.29 Å². The maximum atomic E-state index is 12.7. The van der Waals surface area contributed by atoms with E-state index in [4.69, 9.17) is 5.11 Å². The molecule has 0 unspecified atom stereocenters. The summed E-state index contributed by atoms with van der Waals surface area (Å²) in [5, 5.41) is 8.68. The van der Waals surface area contributed by atoms with Crippen molar-refractivity contribution in [2.45, 2.75) is 6.18 Å². The average molecular weight is 346 g/mol. The van der Waals surface area contributed by atoms with Crippen molar-refractivity contribution < 1.29 is 27.9 Å². The van der Waals surface area contributed by atoms with Crippen LogP contribution < -0.4 is 0 Å². The van der Waals surface area contributed by atoms with E-state index < -0.39 is 17.7 Å².